The standard InChI is InChI=1S/C28H39N3O11.C27H39N3O10.C26H37N3O9/c32-23(33)9-12-31-27(37)29(10-1-3-24(34)39-15-17-5-7-19-21(13-17)41-19)26(36)30(28(31)38)11-2-4-25(35)40-16-18-6-8-20-22(14-18)42-20;31-12-11-30-26(35)28(9-1-3-23(32)37-15-17-5-7-19-21(13-17)39-19)25(34)29(27(30)36)10-2-4-24(33)38-16-18-6-8-20-22(14-18)40-20;1-27-24(32)28(10-2-4-22(30)35-14-16-6-8-18-20(12-16)37-18)26(34)29(25(27)33)11-3-5-23(31)36-15-17-7-9-19-21(13-17)38-19/h17-22H,1-16H2,(H,32,33);17-22,31H,1-16H2;16-21H,2-15H2,1H3. The number of carboxylic acid groups (broad SMARTS) is 1. The van der Waals surface area contributed by atoms with Crippen molar-refractivity contribution in [2.75, 3.05) is 46.2 Å². The van der Waals surface area contributed by atoms with Gasteiger partial charge in [0, 0.05) is 91.4 Å². The number of hydrogen-bond donors (Lipinski definition) is 2. The lowest BCUT2D eigenvalue weighted by atomic mass is 9.90. The fourth-order valence-corrected chi connectivity index (χ4v) is 17.8. The summed E-state index contributed by atoms with van der Waals surface area (Å²) in [7, 11) is 1.30. The van der Waals surface area contributed by atoms with Crippen LogP contribution in [0.1, 0.15) is 199 Å². The van der Waals surface area contributed by atoms with Gasteiger partial charge >= 0.3 is 93.0 Å². The topological polar surface area (TPSA) is 489 Å². The van der Waals surface area contributed by atoms with Crippen LogP contribution in [0, 0.1) is 35.5 Å². The second-order valence-corrected chi connectivity index (χ2v) is 34.3. The predicted molar refractivity (Wildman–Crippen MR) is 415 cm³/mol. The molecule has 3 aromatic rings. The van der Waals surface area contributed by atoms with Crippen molar-refractivity contribution in [3.05, 3.63) is 94.4 Å². The van der Waals surface area contributed by atoms with Crippen LogP contribution in [0.15, 0.2) is 43.2 Å². The minimum absolute atomic E-state index is 0.0145. The molecule has 3 aromatic heterocycles. The van der Waals surface area contributed by atoms with E-state index in [9.17, 15) is 81.8 Å². The van der Waals surface area contributed by atoms with Crippen molar-refractivity contribution in [2.45, 2.75) is 325 Å². The SMILES string of the molecule is Cn1c(=O)n(CCCC(=O)OCC2CCC3OC3C2)c(=O)n(CCCC(=O)OCC2CCC3OC3C2)c1=O.O=C(CCCn1c(=O)n(CCO)c(=O)n(CCCC(=O)OCC2CCC3OC3C2)c1=O)OCC1CCC2OC2C1.O=C(O)CCn1c(=O)n(CCCC(=O)OCC2CCC3OC3C2)c(=O)n(CCCC(=O)OCC2CCC3OC3C2)c1=O. The molecule has 6 aliphatic heterocycles. The minimum Gasteiger partial charge on any atom is -0.481 e. The molecule has 0 bridgehead atoms. The van der Waals surface area contributed by atoms with Gasteiger partial charge in [-0.1, -0.05) is 0 Å². The molecule has 2 N–H and O–H groups in total. The van der Waals surface area contributed by atoms with E-state index in [4.69, 9.17) is 61.9 Å². The normalized spacial score (nSPS) is 28.3. The minimum atomic E-state index is -1.21. The van der Waals surface area contributed by atoms with Gasteiger partial charge in [-0.3, -0.25) is 33.6 Å². The highest BCUT2D eigenvalue weighted by Gasteiger charge is 2.49. The molecule has 0 amide bonds. The Labute approximate surface area is 688 Å². The Morgan fingerprint density at radius 2 is 0.450 bits per heavy atom. The molecule has 18 atom stereocenters. The van der Waals surface area contributed by atoms with Gasteiger partial charge in [0.05, 0.1) is 132 Å². The van der Waals surface area contributed by atoms with Gasteiger partial charge < -0.3 is 67.1 Å². The first kappa shape index (κ1) is 89.0. The number of carboxylic acids is 1. The monoisotopic (exact) mass is 1690 g/mol. The Bertz CT molecular complexity index is 4480. The summed E-state index contributed by atoms with van der Waals surface area (Å²) >= 11 is 0. The summed E-state index contributed by atoms with van der Waals surface area (Å²) in [5.74, 6) is -1.96. The van der Waals surface area contributed by atoms with E-state index in [0.29, 0.717) is 117 Å². The third-order valence-corrected chi connectivity index (χ3v) is 25.3. The summed E-state index contributed by atoms with van der Waals surface area (Å²) in [6.45, 7) is 0.298. The van der Waals surface area contributed by atoms with E-state index >= 15 is 0 Å². The van der Waals surface area contributed by atoms with Crippen LogP contribution in [0.4, 0.5) is 0 Å². The number of ether oxygens (including phenoxy) is 12. The van der Waals surface area contributed by atoms with Gasteiger partial charge in [0.25, 0.3) is 0 Å². The number of aliphatic hydroxyl groups excluding tert-OH is 1. The third-order valence-electron chi connectivity index (χ3n) is 25.3. The summed E-state index contributed by atoms with van der Waals surface area (Å²) in [5.41, 5.74) is -7.47. The average molecular weight is 1690 g/mol. The second kappa shape index (κ2) is 41.4. The number of epoxide rings is 6. The molecule has 39 heteroatoms. The van der Waals surface area contributed by atoms with Crippen LogP contribution in [0.3, 0.4) is 0 Å². The van der Waals surface area contributed by atoms with E-state index in [2.05, 4.69) is 0 Å². The second-order valence-electron chi connectivity index (χ2n) is 34.3. The maximum atomic E-state index is 13.1. The highest BCUT2D eigenvalue weighted by atomic mass is 16.6. The summed E-state index contributed by atoms with van der Waals surface area (Å²) in [6, 6.07) is 0. The van der Waals surface area contributed by atoms with E-state index in [0.717, 1.165) is 152 Å². The quantitative estimate of drug-likeness (QED) is 0.0452. The molecule has 120 heavy (non-hydrogen) atoms. The zero-order chi connectivity index (χ0) is 84.8. The molecule has 12 fully saturated rings. The molecular formula is C81H115N9O30. The molecule has 12 aliphatic rings. The highest BCUT2D eigenvalue weighted by Crippen LogP contribution is 2.44. The maximum Gasteiger partial charge on any atom is 0.336 e. The zero-order valence-electron chi connectivity index (χ0n) is 68.3. The number of aliphatic hydroxyl groups is 1. The Kier molecular flexibility index (Phi) is 30.7. The van der Waals surface area contributed by atoms with E-state index in [1.165, 1.54) is 7.05 Å². The number of nitrogens with zero attached hydrogens (tertiary/aromatic N) is 9. The number of carbonyl (C=O) groups excluding carboxylic acids is 6. The van der Waals surface area contributed by atoms with E-state index in [1.807, 2.05) is 0 Å². The van der Waals surface area contributed by atoms with Crippen LogP contribution in [-0.4, -0.2) is 213 Å². The van der Waals surface area contributed by atoms with Gasteiger partial charge in [-0.25, -0.2) is 84.3 Å². The number of fused-ring (bicyclic) bond motifs is 6. The number of carbonyl (C=O) groups is 7. The number of hydrogen-bond acceptors (Lipinski definition) is 29. The summed E-state index contributed by atoms with van der Waals surface area (Å²) in [6.07, 6.45) is 21.8. The number of aliphatic carboxylic acids is 1. The fourth-order valence-electron chi connectivity index (χ4n) is 17.8. The van der Waals surface area contributed by atoms with Crippen LogP contribution in [0.25, 0.3) is 0 Å². The number of rotatable bonds is 41. The first-order chi connectivity index (χ1) is 57.8. The van der Waals surface area contributed by atoms with Gasteiger partial charge in [-0.2, -0.15) is 0 Å². The van der Waals surface area contributed by atoms with Crippen molar-refractivity contribution < 1.29 is 101 Å². The lowest BCUT2D eigenvalue weighted by Crippen LogP contribution is -2.55. The van der Waals surface area contributed by atoms with E-state index in [-0.39, 0.29) is 171 Å². The van der Waals surface area contributed by atoms with E-state index in [1.54, 1.807) is 0 Å². The van der Waals surface area contributed by atoms with Crippen LogP contribution >= 0.6 is 0 Å². The molecule has 664 valence electrons. The van der Waals surface area contributed by atoms with Gasteiger partial charge in [0.1, 0.15) is 0 Å². The zero-order valence-corrected chi connectivity index (χ0v) is 68.3. The molecule has 18 unspecified atom stereocenters. The van der Waals surface area contributed by atoms with Crippen LogP contribution in [-0.2, 0) is 150 Å². The molecule has 15 rings (SSSR count). The van der Waals surface area contributed by atoms with E-state index < -0.39 is 101 Å². The number of aromatic nitrogens is 9. The van der Waals surface area contributed by atoms with Gasteiger partial charge in [0.2, 0.25) is 0 Å². The average Bonchev–Trinajstić information content (AvgIpc) is 1.65. The van der Waals surface area contributed by atoms with Crippen molar-refractivity contribution in [2.24, 2.45) is 42.6 Å². The van der Waals surface area contributed by atoms with Crippen molar-refractivity contribution in [1.82, 2.24) is 41.1 Å². The smallest absolute Gasteiger partial charge is 0.336 e. The molecule has 9 heterocycles. The third kappa shape index (κ3) is 24.8. The van der Waals surface area contributed by atoms with Crippen LogP contribution in [0.5, 0.6) is 0 Å². The maximum absolute atomic E-state index is 13.1. The van der Waals surface area contributed by atoms with Gasteiger partial charge in [-0.05, 0) is 190 Å². The molecule has 6 saturated heterocycles. The van der Waals surface area contributed by atoms with Crippen LogP contribution in [0.2, 0.25) is 0 Å². The fraction of sp³-hybridized carbons (Fsp3) is 0.802. The number of esters is 6. The molecule has 6 aliphatic carbocycles. The summed E-state index contributed by atoms with van der Waals surface area (Å²) in [5, 5.41) is 18.4. The van der Waals surface area contributed by atoms with Gasteiger partial charge in [-0.15, -0.1) is 0 Å². The van der Waals surface area contributed by atoms with Crippen molar-refractivity contribution in [1.29, 1.82) is 0 Å². The summed E-state index contributed by atoms with van der Waals surface area (Å²) < 4.78 is 73.0. The highest BCUT2D eigenvalue weighted by molar-refractivity contribution is 5.71. The molecule has 6 saturated carbocycles. The molecule has 39 nitrogen and oxygen atoms in total. The molecule has 0 spiro atoms. The predicted octanol–water partition coefficient (Wildman–Crippen LogP) is 0.864. The first-order valence-electron chi connectivity index (χ1n) is 43.3. The first-order valence-corrected chi connectivity index (χ1v) is 43.3. The molecule has 0 radical (unpaired) electrons. The molecule has 0 aromatic carbocycles. The largest absolute Gasteiger partial charge is 0.481 e. The molecular weight excluding hydrogens is 1580 g/mol. The lowest BCUT2D eigenvalue weighted by Gasteiger charge is -2.18. The lowest BCUT2D eigenvalue weighted by molar-refractivity contribution is -0.146. The Balaban J connectivity index is 0.000000156. The van der Waals surface area contributed by atoms with Gasteiger partial charge in [0.15, 0.2) is 0 Å². The Morgan fingerprint density at radius 1 is 0.267 bits per heavy atom. The van der Waals surface area contributed by atoms with Crippen molar-refractivity contribution in [3.8, 4) is 0 Å². The Morgan fingerprint density at radius 3 is 0.633 bits per heavy atom. The van der Waals surface area contributed by atoms with Crippen molar-refractivity contribution >= 4 is 41.8 Å². The Hall–Kier alpha value is -8.76. The van der Waals surface area contributed by atoms with Crippen LogP contribution < -0.4 is 51.2 Å². The van der Waals surface area contributed by atoms with Crippen molar-refractivity contribution in [3.63, 3.8) is 0 Å². The summed E-state index contributed by atoms with van der Waals surface area (Å²) in [4.78, 5) is 200.